The summed E-state index contributed by atoms with van der Waals surface area (Å²) in [6.45, 7) is 5.12. The van der Waals surface area contributed by atoms with Gasteiger partial charge in [-0.3, -0.25) is 0 Å². The van der Waals surface area contributed by atoms with Crippen molar-refractivity contribution in [1.29, 1.82) is 0 Å². The number of hydrogen-bond acceptors (Lipinski definition) is 6. The first kappa shape index (κ1) is 40.4. The molecule has 0 aliphatic heterocycles. The minimum atomic E-state index is -5.17. The van der Waals surface area contributed by atoms with Gasteiger partial charge in [-0.1, -0.05) is 69.7 Å². The molecule has 0 aromatic heterocycles. The van der Waals surface area contributed by atoms with Gasteiger partial charge in [-0.2, -0.15) is 26.3 Å². The van der Waals surface area contributed by atoms with E-state index in [4.69, 9.17) is 14.2 Å². The van der Waals surface area contributed by atoms with Crippen molar-refractivity contribution in [2.45, 2.75) is 96.5 Å². The lowest BCUT2D eigenvalue weighted by atomic mass is 10.0. The van der Waals surface area contributed by atoms with Crippen molar-refractivity contribution in [2.75, 3.05) is 19.8 Å². The minimum absolute atomic E-state index is 0.0277. The Morgan fingerprint density at radius 1 is 0.660 bits per heavy atom. The van der Waals surface area contributed by atoms with Gasteiger partial charge in [0.2, 0.25) is 0 Å². The fourth-order valence-electron chi connectivity index (χ4n) is 5.12. The van der Waals surface area contributed by atoms with E-state index in [0.29, 0.717) is 25.3 Å². The summed E-state index contributed by atoms with van der Waals surface area (Å²) < 4.78 is 103. The highest BCUT2D eigenvalue weighted by Crippen LogP contribution is 2.36. The third kappa shape index (κ3) is 13.3. The lowest BCUT2D eigenvalue weighted by Gasteiger charge is -2.22. The van der Waals surface area contributed by atoms with Gasteiger partial charge < -0.3 is 18.9 Å². The first-order valence-electron chi connectivity index (χ1n) is 17.0. The second-order valence-corrected chi connectivity index (χ2v) is 11.8. The number of halogens is 6. The molecular formula is C38H44F6O6. The van der Waals surface area contributed by atoms with Crippen LogP contribution in [0.3, 0.4) is 0 Å². The first-order chi connectivity index (χ1) is 23.8. The fourth-order valence-corrected chi connectivity index (χ4v) is 5.12. The number of unbranched alkanes of at least 4 members (excludes halogenated alkanes) is 7. The summed E-state index contributed by atoms with van der Waals surface area (Å²) in [6, 6.07) is 15.5. The van der Waals surface area contributed by atoms with Gasteiger partial charge in [0.25, 0.3) is 0 Å². The van der Waals surface area contributed by atoms with Crippen molar-refractivity contribution in [3.8, 4) is 22.6 Å². The largest absolute Gasteiger partial charge is 0.494 e. The molecule has 0 aliphatic carbocycles. The molecule has 3 aromatic carbocycles. The number of esters is 2. The zero-order valence-corrected chi connectivity index (χ0v) is 28.3. The van der Waals surface area contributed by atoms with E-state index in [1.165, 1.54) is 44.2 Å². The molecule has 0 bridgehead atoms. The van der Waals surface area contributed by atoms with E-state index in [1.54, 1.807) is 19.1 Å². The summed E-state index contributed by atoms with van der Waals surface area (Å²) in [4.78, 5) is 25.3. The average molecular weight is 711 g/mol. The van der Waals surface area contributed by atoms with Crippen LogP contribution in [-0.4, -0.2) is 44.0 Å². The van der Waals surface area contributed by atoms with Crippen molar-refractivity contribution in [3.63, 3.8) is 0 Å². The number of ether oxygens (including phenoxy) is 4. The van der Waals surface area contributed by atoms with Gasteiger partial charge in [-0.05, 0) is 86.2 Å². The topological polar surface area (TPSA) is 71.1 Å². The Bertz CT molecular complexity index is 1470. The third-order valence-electron chi connectivity index (χ3n) is 7.88. The van der Waals surface area contributed by atoms with Gasteiger partial charge in [0.1, 0.15) is 11.5 Å². The van der Waals surface area contributed by atoms with Gasteiger partial charge in [-0.15, -0.1) is 0 Å². The maximum atomic E-state index is 13.9. The van der Waals surface area contributed by atoms with Crippen molar-refractivity contribution in [3.05, 3.63) is 83.4 Å². The first-order valence-corrected chi connectivity index (χ1v) is 17.0. The number of carbonyl (C=O) groups excluding carboxylic acids is 2. The quantitative estimate of drug-likeness (QED) is 0.0503. The van der Waals surface area contributed by atoms with Crippen LogP contribution in [0.25, 0.3) is 11.1 Å². The molecule has 0 heterocycles. The van der Waals surface area contributed by atoms with E-state index in [0.717, 1.165) is 35.8 Å². The lowest BCUT2D eigenvalue weighted by Crippen LogP contribution is -2.34. The molecule has 0 aliphatic rings. The van der Waals surface area contributed by atoms with E-state index < -0.39 is 53.7 Å². The molecule has 0 saturated carbocycles. The summed E-state index contributed by atoms with van der Waals surface area (Å²) in [5.74, 6) is -2.59. The molecule has 3 aromatic rings. The molecule has 3 rings (SSSR count). The van der Waals surface area contributed by atoms with Crippen LogP contribution < -0.4 is 9.47 Å². The molecule has 0 N–H and O–H groups in total. The van der Waals surface area contributed by atoms with Crippen LogP contribution in [0.1, 0.15) is 104 Å². The highest BCUT2D eigenvalue weighted by atomic mass is 19.4. The molecule has 0 saturated heterocycles. The lowest BCUT2D eigenvalue weighted by molar-refractivity contribution is -0.206. The molecule has 0 unspecified atom stereocenters. The van der Waals surface area contributed by atoms with Gasteiger partial charge in [-0.25, -0.2) is 9.59 Å². The van der Waals surface area contributed by atoms with E-state index in [-0.39, 0.29) is 25.0 Å². The number of hydrogen-bond donors (Lipinski definition) is 0. The van der Waals surface area contributed by atoms with Gasteiger partial charge in [0.05, 0.1) is 23.3 Å². The van der Waals surface area contributed by atoms with E-state index in [9.17, 15) is 35.9 Å². The van der Waals surface area contributed by atoms with E-state index in [1.807, 2.05) is 24.3 Å². The smallest absolute Gasteiger partial charge is 0.425 e. The SMILES string of the molecule is CCCCCCCCCOc1ccc(-c2ccc(C(=O)Oc3ccc(C(=O)O[C@H](CCCCOCC)C(F)(F)F)c(C(F)(F)F)c3)cc2)cc1. The molecule has 50 heavy (non-hydrogen) atoms. The van der Waals surface area contributed by atoms with Crippen LogP contribution >= 0.6 is 0 Å². The van der Waals surface area contributed by atoms with Gasteiger partial charge in [0, 0.05) is 13.2 Å². The zero-order valence-electron chi connectivity index (χ0n) is 28.3. The minimum Gasteiger partial charge on any atom is -0.494 e. The number of carbonyl (C=O) groups is 2. The predicted molar refractivity (Wildman–Crippen MR) is 177 cm³/mol. The van der Waals surface area contributed by atoms with Crippen molar-refractivity contribution < 1.29 is 54.9 Å². The molecule has 12 heteroatoms. The normalized spacial score (nSPS) is 12.4. The van der Waals surface area contributed by atoms with Gasteiger partial charge in [0.15, 0.2) is 6.10 Å². The van der Waals surface area contributed by atoms with Crippen molar-refractivity contribution in [1.82, 2.24) is 0 Å². The van der Waals surface area contributed by atoms with Crippen LogP contribution in [0, 0.1) is 0 Å². The second kappa shape index (κ2) is 20.0. The monoisotopic (exact) mass is 710 g/mol. The molecule has 0 radical (unpaired) electrons. The van der Waals surface area contributed by atoms with E-state index in [2.05, 4.69) is 11.7 Å². The van der Waals surface area contributed by atoms with Crippen LogP contribution in [0.5, 0.6) is 11.5 Å². The Morgan fingerprint density at radius 2 is 1.24 bits per heavy atom. The van der Waals surface area contributed by atoms with Crippen LogP contribution in [0.15, 0.2) is 66.7 Å². The molecular weight excluding hydrogens is 666 g/mol. The highest BCUT2D eigenvalue weighted by Gasteiger charge is 2.44. The molecule has 0 amide bonds. The standard InChI is InChI=1S/C38H44F6O6/c1-3-5-6-7-8-9-11-25-48-30-20-18-28(19-21-30)27-14-16-29(17-15-27)35(45)49-31-22-23-32(33(26-31)37(39,40)41)36(46)50-34(38(42,43)44)13-10-12-24-47-4-2/h14-23,26,34H,3-13,24-25H2,1-2H3/t34-/m1/s1. The molecule has 1 atom stereocenters. The zero-order chi connectivity index (χ0) is 36.6. The summed E-state index contributed by atoms with van der Waals surface area (Å²) in [5.41, 5.74) is -1.08. The van der Waals surface area contributed by atoms with Crippen LogP contribution in [0.4, 0.5) is 26.3 Å². The molecule has 6 nitrogen and oxygen atoms in total. The molecule has 0 fully saturated rings. The van der Waals surface area contributed by atoms with Crippen LogP contribution in [-0.2, 0) is 15.7 Å². The summed E-state index contributed by atoms with van der Waals surface area (Å²) >= 11 is 0. The Kier molecular flexibility index (Phi) is 16.1. The fraction of sp³-hybridized carbons (Fsp3) is 0.474. The van der Waals surface area contributed by atoms with E-state index >= 15 is 0 Å². The number of rotatable bonds is 20. The maximum absolute atomic E-state index is 13.9. The third-order valence-corrected chi connectivity index (χ3v) is 7.88. The Hall–Kier alpha value is -4.06. The summed E-state index contributed by atoms with van der Waals surface area (Å²) in [5, 5.41) is 0. The van der Waals surface area contributed by atoms with Crippen molar-refractivity contribution in [2.24, 2.45) is 0 Å². The number of alkyl halides is 6. The summed E-state index contributed by atoms with van der Waals surface area (Å²) in [7, 11) is 0. The summed E-state index contributed by atoms with van der Waals surface area (Å²) in [6.07, 6.45) is -4.86. The molecule has 274 valence electrons. The Labute approximate surface area is 289 Å². The number of benzene rings is 3. The Morgan fingerprint density at radius 3 is 1.84 bits per heavy atom. The van der Waals surface area contributed by atoms with Crippen LogP contribution in [0.2, 0.25) is 0 Å². The predicted octanol–water partition coefficient (Wildman–Crippen LogP) is 11.0. The molecule has 0 spiro atoms. The highest BCUT2D eigenvalue weighted by molar-refractivity contribution is 5.93. The average Bonchev–Trinajstić information content (AvgIpc) is 3.08. The van der Waals surface area contributed by atoms with Gasteiger partial charge >= 0.3 is 24.3 Å². The Balaban J connectivity index is 1.61. The maximum Gasteiger partial charge on any atom is 0.425 e. The second-order valence-electron chi connectivity index (χ2n) is 11.8. The van der Waals surface area contributed by atoms with Crippen molar-refractivity contribution >= 4 is 11.9 Å².